The van der Waals surface area contributed by atoms with Crippen molar-refractivity contribution in [1.29, 1.82) is 0 Å². The van der Waals surface area contributed by atoms with Crippen LogP contribution in [0, 0.1) is 5.92 Å². The van der Waals surface area contributed by atoms with Gasteiger partial charge in [0.25, 0.3) is 5.91 Å². The highest BCUT2D eigenvalue weighted by Gasteiger charge is 2.29. The lowest BCUT2D eigenvalue weighted by Crippen LogP contribution is -2.42. The van der Waals surface area contributed by atoms with E-state index < -0.39 is 11.9 Å². The largest absolute Gasteiger partial charge is 0.481 e. The first-order chi connectivity index (χ1) is 7.68. The van der Waals surface area contributed by atoms with Crippen molar-refractivity contribution in [2.75, 3.05) is 13.1 Å². The number of rotatable bonds is 2. The zero-order chi connectivity index (χ0) is 11.5. The number of likely N-dealkylation sites (tertiary alicyclic amines) is 1. The van der Waals surface area contributed by atoms with E-state index in [1.54, 1.807) is 0 Å². The number of H-pyrrole nitrogens is 1. The van der Waals surface area contributed by atoms with Crippen molar-refractivity contribution < 1.29 is 14.7 Å². The summed E-state index contributed by atoms with van der Waals surface area (Å²) in [4.78, 5) is 24.2. The van der Waals surface area contributed by atoms with Gasteiger partial charge in [-0.25, -0.2) is 0 Å². The van der Waals surface area contributed by atoms with Gasteiger partial charge < -0.3 is 10.0 Å². The molecule has 16 heavy (non-hydrogen) atoms. The monoisotopic (exact) mass is 224 g/mol. The van der Waals surface area contributed by atoms with Gasteiger partial charge in [0, 0.05) is 13.1 Å². The van der Waals surface area contributed by atoms with E-state index in [1.165, 1.54) is 11.1 Å². The van der Waals surface area contributed by atoms with Crippen molar-refractivity contribution in [3.8, 4) is 0 Å². The number of carboxylic acid groups (broad SMARTS) is 1. The van der Waals surface area contributed by atoms with Crippen LogP contribution in [0.4, 0.5) is 0 Å². The minimum absolute atomic E-state index is 0.228. The van der Waals surface area contributed by atoms with Crippen LogP contribution in [0.2, 0.25) is 0 Å². The predicted octanol–water partition coefficient (Wildman–Crippen LogP) is -0.259. The average molecular weight is 224 g/mol. The second-order valence-electron chi connectivity index (χ2n) is 3.78. The number of carbonyl (C=O) groups excluding carboxylic acids is 1. The molecule has 0 radical (unpaired) electrons. The van der Waals surface area contributed by atoms with Crippen molar-refractivity contribution in [2.24, 2.45) is 5.92 Å². The Kier molecular flexibility index (Phi) is 2.84. The molecule has 1 atom stereocenters. The summed E-state index contributed by atoms with van der Waals surface area (Å²) in [5.41, 5.74) is 0.228. The Morgan fingerprint density at radius 2 is 2.38 bits per heavy atom. The highest BCUT2D eigenvalue weighted by atomic mass is 16.4. The molecule has 0 aromatic carbocycles. The highest BCUT2D eigenvalue weighted by molar-refractivity contribution is 5.92. The van der Waals surface area contributed by atoms with E-state index in [-0.39, 0.29) is 18.1 Å². The number of amides is 1. The number of piperidine rings is 1. The van der Waals surface area contributed by atoms with Gasteiger partial charge in [-0.05, 0) is 12.8 Å². The smallest absolute Gasteiger partial charge is 0.308 e. The van der Waals surface area contributed by atoms with Gasteiger partial charge in [-0.15, -0.1) is 0 Å². The number of hydrogen-bond acceptors (Lipinski definition) is 4. The number of carboxylic acids is 1. The summed E-state index contributed by atoms with van der Waals surface area (Å²) in [7, 11) is 0. The van der Waals surface area contributed by atoms with Crippen LogP contribution in [0.15, 0.2) is 6.20 Å². The predicted molar refractivity (Wildman–Crippen MR) is 52.6 cm³/mol. The van der Waals surface area contributed by atoms with E-state index in [9.17, 15) is 9.59 Å². The molecule has 7 heteroatoms. The zero-order valence-electron chi connectivity index (χ0n) is 8.59. The molecule has 1 aliphatic rings. The van der Waals surface area contributed by atoms with Crippen LogP contribution in [-0.2, 0) is 4.79 Å². The Morgan fingerprint density at radius 1 is 1.56 bits per heavy atom. The van der Waals surface area contributed by atoms with Gasteiger partial charge in [-0.3, -0.25) is 9.59 Å². The molecule has 0 saturated carbocycles. The number of aromatic nitrogens is 3. The number of aliphatic carboxylic acids is 1. The molecule has 1 amide bonds. The van der Waals surface area contributed by atoms with E-state index in [1.807, 2.05) is 0 Å². The molecule has 86 valence electrons. The molecule has 2 rings (SSSR count). The van der Waals surface area contributed by atoms with E-state index in [2.05, 4.69) is 15.4 Å². The summed E-state index contributed by atoms with van der Waals surface area (Å²) < 4.78 is 0. The van der Waals surface area contributed by atoms with E-state index in [0.717, 1.165) is 0 Å². The fraction of sp³-hybridized carbons (Fsp3) is 0.556. The summed E-state index contributed by atoms with van der Waals surface area (Å²) in [6.07, 6.45) is 2.67. The summed E-state index contributed by atoms with van der Waals surface area (Å²) >= 11 is 0. The number of aromatic amines is 1. The third-order valence-electron chi connectivity index (χ3n) is 2.69. The zero-order valence-corrected chi connectivity index (χ0v) is 8.59. The Labute approximate surface area is 91.4 Å². The van der Waals surface area contributed by atoms with Gasteiger partial charge in [-0.1, -0.05) is 0 Å². The second-order valence-corrected chi connectivity index (χ2v) is 3.78. The highest BCUT2D eigenvalue weighted by Crippen LogP contribution is 2.17. The average Bonchev–Trinajstić information content (AvgIpc) is 2.81. The number of nitrogens with one attached hydrogen (secondary N) is 1. The maximum absolute atomic E-state index is 11.8. The molecule has 0 unspecified atom stereocenters. The van der Waals surface area contributed by atoms with Crippen molar-refractivity contribution in [1.82, 2.24) is 20.3 Å². The van der Waals surface area contributed by atoms with E-state index in [4.69, 9.17) is 5.11 Å². The number of nitrogens with zero attached hydrogens (tertiary/aromatic N) is 3. The first-order valence-electron chi connectivity index (χ1n) is 5.06. The summed E-state index contributed by atoms with van der Waals surface area (Å²) in [5.74, 6) is -1.58. The quantitative estimate of drug-likeness (QED) is 0.721. The standard InChI is InChI=1S/C9H12N4O3/c14-8(7-4-10-12-11-7)13-3-1-2-6(5-13)9(15)16/h4,6H,1-3,5H2,(H,15,16)(H,10,11,12)/t6-/m0/s1. The molecule has 1 aromatic heterocycles. The molecule has 0 spiro atoms. The second kappa shape index (κ2) is 4.30. The molecule has 0 aliphatic carbocycles. The number of hydrogen-bond donors (Lipinski definition) is 2. The van der Waals surface area contributed by atoms with Gasteiger partial charge in [0.1, 0.15) is 0 Å². The molecule has 1 fully saturated rings. The van der Waals surface area contributed by atoms with Crippen LogP contribution in [0.3, 0.4) is 0 Å². The first-order valence-corrected chi connectivity index (χ1v) is 5.06. The van der Waals surface area contributed by atoms with Gasteiger partial charge in [0.05, 0.1) is 12.1 Å². The topological polar surface area (TPSA) is 99.2 Å². The van der Waals surface area contributed by atoms with Crippen LogP contribution in [-0.4, -0.2) is 50.4 Å². The van der Waals surface area contributed by atoms with Crippen molar-refractivity contribution >= 4 is 11.9 Å². The molecular weight excluding hydrogens is 212 g/mol. The molecule has 0 bridgehead atoms. The Hall–Kier alpha value is -1.92. The molecule has 1 aromatic rings. The fourth-order valence-electron chi connectivity index (χ4n) is 1.83. The minimum Gasteiger partial charge on any atom is -0.481 e. The fourth-order valence-corrected chi connectivity index (χ4v) is 1.83. The van der Waals surface area contributed by atoms with Crippen molar-refractivity contribution in [3.05, 3.63) is 11.9 Å². The third-order valence-corrected chi connectivity index (χ3v) is 2.69. The molecule has 2 heterocycles. The van der Waals surface area contributed by atoms with Crippen LogP contribution in [0.1, 0.15) is 23.3 Å². The molecule has 7 nitrogen and oxygen atoms in total. The normalized spacial score (nSPS) is 20.8. The van der Waals surface area contributed by atoms with Crippen LogP contribution in [0.5, 0.6) is 0 Å². The maximum Gasteiger partial charge on any atom is 0.308 e. The SMILES string of the molecule is O=C(O)[C@H]1CCCN(C(=O)c2cn[nH]n2)C1. The van der Waals surface area contributed by atoms with Crippen molar-refractivity contribution in [2.45, 2.75) is 12.8 Å². The summed E-state index contributed by atoms with van der Waals surface area (Å²) in [5, 5.41) is 18.5. The molecule has 2 N–H and O–H groups in total. The Morgan fingerprint density at radius 3 is 3.00 bits per heavy atom. The van der Waals surface area contributed by atoms with Crippen LogP contribution < -0.4 is 0 Å². The lowest BCUT2D eigenvalue weighted by atomic mass is 9.98. The third kappa shape index (κ3) is 2.02. The van der Waals surface area contributed by atoms with E-state index in [0.29, 0.717) is 19.4 Å². The molecule has 1 aliphatic heterocycles. The van der Waals surface area contributed by atoms with Gasteiger partial charge >= 0.3 is 5.97 Å². The lowest BCUT2D eigenvalue weighted by Gasteiger charge is -2.29. The molecular formula is C9H12N4O3. The maximum atomic E-state index is 11.8. The summed E-state index contributed by atoms with van der Waals surface area (Å²) in [6.45, 7) is 0.830. The van der Waals surface area contributed by atoms with E-state index >= 15 is 0 Å². The Bertz CT molecular complexity index is 389. The van der Waals surface area contributed by atoms with Crippen LogP contribution in [0.25, 0.3) is 0 Å². The summed E-state index contributed by atoms with van der Waals surface area (Å²) in [6, 6.07) is 0. The Balaban J connectivity index is 2.05. The van der Waals surface area contributed by atoms with Crippen LogP contribution >= 0.6 is 0 Å². The lowest BCUT2D eigenvalue weighted by molar-refractivity contribution is -0.143. The number of carbonyl (C=O) groups is 2. The van der Waals surface area contributed by atoms with Crippen molar-refractivity contribution in [3.63, 3.8) is 0 Å². The van der Waals surface area contributed by atoms with Gasteiger partial charge in [0.2, 0.25) is 0 Å². The first kappa shape index (κ1) is 10.6. The minimum atomic E-state index is -0.849. The molecule has 1 saturated heterocycles. The van der Waals surface area contributed by atoms with Gasteiger partial charge in [-0.2, -0.15) is 15.4 Å². The van der Waals surface area contributed by atoms with Gasteiger partial charge in [0.15, 0.2) is 5.69 Å².